The second kappa shape index (κ2) is 6.71. The van der Waals surface area contributed by atoms with E-state index in [-0.39, 0.29) is 37.8 Å². The predicted octanol–water partition coefficient (Wildman–Crippen LogP) is 3.32. The van der Waals surface area contributed by atoms with Crippen LogP contribution in [0, 0.1) is 5.92 Å². The molecule has 0 aliphatic carbocycles. The van der Waals surface area contributed by atoms with Crippen molar-refractivity contribution in [1.29, 1.82) is 0 Å². The standard InChI is InChI=1S/C16H20BrF2N3O/c17-13-10-20-6-3-14(13)22-7-1-2-12(11-22)15(23)21-8-4-16(18,19)5-9-21/h3,6,10,12H,1-2,4-5,7-9,11H2. The van der Waals surface area contributed by atoms with Crippen LogP contribution in [0.1, 0.15) is 25.7 Å². The number of hydrogen-bond acceptors (Lipinski definition) is 3. The Morgan fingerprint density at radius 1 is 1.30 bits per heavy atom. The molecule has 0 aromatic carbocycles. The molecule has 1 aromatic rings. The topological polar surface area (TPSA) is 36.4 Å². The van der Waals surface area contributed by atoms with Crippen molar-refractivity contribution in [2.75, 3.05) is 31.1 Å². The van der Waals surface area contributed by atoms with Gasteiger partial charge in [-0.15, -0.1) is 0 Å². The van der Waals surface area contributed by atoms with Gasteiger partial charge >= 0.3 is 0 Å². The molecule has 23 heavy (non-hydrogen) atoms. The Morgan fingerprint density at radius 3 is 2.74 bits per heavy atom. The number of hydrogen-bond donors (Lipinski definition) is 0. The molecule has 3 rings (SSSR count). The number of rotatable bonds is 2. The van der Waals surface area contributed by atoms with Crippen LogP contribution in [0.15, 0.2) is 22.9 Å². The van der Waals surface area contributed by atoms with Crippen LogP contribution in [-0.4, -0.2) is 47.9 Å². The van der Waals surface area contributed by atoms with Gasteiger partial charge in [-0.1, -0.05) is 0 Å². The van der Waals surface area contributed by atoms with Gasteiger partial charge in [0.2, 0.25) is 5.91 Å². The SMILES string of the molecule is O=C(C1CCCN(c2ccncc2Br)C1)N1CCC(F)(F)CC1. The first kappa shape index (κ1) is 16.6. The lowest BCUT2D eigenvalue weighted by atomic mass is 9.94. The molecule has 4 nitrogen and oxygen atoms in total. The highest BCUT2D eigenvalue weighted by atomic mass is 79.9. The third-order valence-electron chi connectivity index (χ3n) is 4.67. The van der Waals surface area contributed by atoms with Crippen LogP contribution >= 0.6 is 15.9 Å². The van der Waals surface area contributed by atoms with E-state index in [1.54, 1.807) is 17.3 Å². The Kier molecular flexibility index (Phi) is 4.85. The number of piperidine rings is 2. The maximum atomic E-state index is 13.3. The van der Waals surface area contributed by atoms with Crippen LogP contribution in [0.4, 0.5) is 14.5 Å². The van der Waals surface area contributed by atoms with Gasteiger partial charge in [0.05, 0.1) is 16.1 Å². The van der Waals surface area contributed by atoms with E-state index >= 15 is 0 Å². The Labute approximate surface area is 143 Å². The number of amides is 1. The monoisotopic (exact) mass is 387 g/mol. The average Bonchev–Trinajstić information content (AvgIpc) is 2.55. The van der Waals surface area contributed by atoms with E-state index < -0.39 is 5.92 Å². The first-order chi connectivity index (χ1) is 11.0. The molecule has 2 aliphatic heterocycles. The summed E-state index contributed by atoms with van der Waals surface area (Å²) in [6.07, 6.45) is 4.79. The molecule has 2 fully saturated rings. The summed E-state index contributed by atoms with van der Waals surface area (Å²) in [5.41, 5.74) is 1.03. The maximum Gasteiger partial charge on any atom is 0.251 e. The Morgan fingerprint density at radius 2 is 2.04 bits per heavy atom. The molecular weight excluding hydrogens is 368 g/mol. The van der Waals surface area contributed by atoms with Crippen LogP contribution in [0.3, 0.4) is 0 Å². The zero-order chi connectivity index (χ0) is 16.4. The van der Waals surface area contributed by atoms with E-state index in [9.17, 15) is 13.6 Å². The van der Waals surface area contributed by atoms with Gasteiger partial charge in [0.15, 0.2) is 0 Å². The molecule has 0 spiro atoms. The van der Waals surface area contributed by atoms with Crippen LogP contribution in [0.2, 0.25) is 0 Å². The fourth-order valence-electron chi connectivity index (χ4n) is 3.33. The first-order valence-electron chi connectivity index (χ1n) is 7.97. The largest absolute Gasteiger partial charge is 0.370 e. The van der Waals surface area contributed by atoms with Crippen LogP contribution in [0.5, 0.6) is 0 Å². The van der Waals surface area contributed by atoms with Crippen molar-refractivity contribution in [3.05, 3.63) is 22.9 Å². The van der Waals surface area contributed by atoms with Crippen molar-refractivity contribution in [1.82, 2.24) is 9.88 Å². The molecule has 1 atom stereocenters. The van der Waals surface area contributed by atoms with E-state index in [1.807, 2.05) is 6.07 Å². The quantitative estimate of drug-likeness (QED) is 0.780. The Balaban J connectivity index is 1.65. The number of pyridine rings is 1. The highest BCUT2D eigenvalue weighted by Gasteiger charge is 2.38. The number of nitrogens with zero attached hydrogens (tertiary/aromatic N) is 3. The fourth-order valence-corrected chi connectivity index (χ4v) is 3.84. The van der Waals surface area contributed by atoms with Gasteiger partial charge in [-0.2, -0.15) is 0 Å². The third-order valence-corrected chi connectivity index (χ3v) is 5.28. The van der Waals surface area contributed by atoms with E-state index in [1.165, 1.54) is 0 Å². The highest BCUT2D eigenvalue weighted by molar-refractivity contribution is 9.10. The summed E-state index contributed by atoms with van der Waals surface area (Å²) in [5.74, 6) is -2.71. The molecule has 1 unspecified atom stereocenters. The minimum atomic E-state index is -2.61. The lowest BCUT2D eigenvalue weighted by molar-refractivity contribution is -0.141. The van der Waals surface area contributed by atoms with Crippen LogP contribution in [-0.2, 0) is 4.79 Å². The molecule has 2 aliphatic rings. The Bertz CT molecular complexity index is 574. The summed E-state index contributed by atoms with van der Waals surface area (Å²) < 4.78 is 27.4. The number of alkyl halides is 2. The molecule has 1 amide bonds. The van der Waals surface area contributed by atoms with E-state index in [0.717, 1.165) is 29.5 Å². The molecule has 3 heterocycles. The fraction of sp³-hybridized carbons (Fsp3) is 0.625. The summed E-state index contributed by atoms with van der Waals surface area (Å²) in [7, 11) is 0. The third kappa shape index (κ3) is 3.82. The van der Waals surface area contributed by atoms with Crippen LogP contribution < -0.4 is 4.90 Å². The highest BCUT2D eigenvalue weighted by Crippen LogP contribution is 2.32. The van der Waals surface area contributed by atoms with Gasteiger partial charge in [0.1, 0.15) is 0 Å². The normalized spacial score (nSPS) is 24.6. The van der Waals surface area contributed by atoms with Crippen molar-refractivity contribution in [2.45, 2.75) is 31.6 Å². The molecule has 126 valence electrons. The van der Waals surface area contributed by atoms with Crippen molar-refractivity contribution in [3.8, 4) is 0 Å². The zero-order valence-corrected chi connectivity index (χ0v) is 14.4. The van der Waals surface area contributed by atoms with Gasteiger partial charge in [-0.05, 0) is 34.8 Å². The van der Waals surface area contributed by atoms with Crippen LogP contribution in [0.25, 0.3) is 0 Å². The maximum absolute atomic E-state index is 13.3. The molecule has 0 bridgehead atoms. The van der Waals surface area contributed by atoms with E-state index in [2.05, 4.69) is 25.8 Å². The molecule has 0 N–H and O–H groups in total. The van der Waals surface area contributed by atoms with Crippen molar-refractivity contribution in [2.24, 2.45) is 5.92 Å². The van der Waals surface area contributed by atoms with E-state index in [4.69, 9.17) is 0 Å². The van der Waals surface area contributed by atoms with Gasteiger partial charge in [-0.25, -0.2) is 8.78 Å². The number of likely N-dealkylation sites (tertiary alicyclic amines) is 1. The summed E-state index contributed by atoms with van der Waals surface area (Å²) in [6, 6.07) is 1.93. The van der Waals surface area contributed by atoms with Gasteiger partial charge in [0.25, 0.3) is 5.92 Å². The minimum absolute atomic E-state index is 0.0235. The van der Waals surface area contributed by atoms with E-state index in [0.29, 0.717) is 6.54 Å². The Hall–Kier alpha value is -1.24. The number of anilines is 1. The molecule has 0 saturated carbocycles. The van der Waals surface area contributed by atoms with Gasteiger partial charge in [0, 0.05) is 51.4 Å². The second-order valence-corrected chi connectivity index (χ2v) is 7.15. The molecular formula is C16H20BrF2N3O. The van der Waals surface area contributed by atoms with Gasteiger partial charge in [-0.3, -0.25) is 9.78 Å². The van der Waals surface area contributed by atoms with Gasteiger partial charge < -0.3 is 9.80 Å². The minimum Gasteiger partial charge on any atom is -0.370 e. The predicted molar refractivity (Wildman–Crippen MR) is 87.6 cm³/mol. The molecule has 1 aromatic heterocycles. The summed E-state index contributed by atoms with van der Waals surface area (Å²) in [6.45, 7) is 1.86. The molecule has 2 saturated heterocycles. The zero-order valence-electron chi connectivity index (χ0n) is 12.9. The number of halogens is 3. The molecule has 0 radical (unpaired) electrons. The second-order valence-electron chi connectivity index (χ2n) is 6.29. The average molecular weight is 388 g/mol. The smallest absolute Gasteiger partial charge is 0.251 e. The summed E-state index contributed by atoms with van der Waals surface area (Å²) in [5, 5.41) is 0. The van der Waals surface area contributed by atoms with Crippen molar-refractivity contribution in [3.63, 3.8) is 0 Å². The first-order valence-corrected chi connectivity index (χ1v) is 8.77. The number of carbonyl (C=O) groups excluding carboxylic acids is 1. The number of carbonyl (C=O) groups is 1. The lowest BCUT2D eigenvalue weighted by Gasteiger charge is -2.38. The number of aromatic nitrogens is 1. The van der Waals surface area contributed by atoms with Crippen molar-refractivity contribution < 1.29 is 13.6 Å². The summed E-state index contributed by atoms with van der Waals surface area (Å²) >= 11 is 3.50. The lowest BCUT2D eigenvalue weighted by Crippen LogP contribution is -2.49. The summed E-state index contributed by atoms with van der Waals surface area (Å²) in [4.78, 5) is 20.5. The molecule has 7 heteroatoms. The van der Waals surface area contributed by atoms with Crippen molar-refractivity contribution >= 4 is 27.5 Å².